The van der Waals surface area contributed by atoms with Crippen molar-refractivity contribution in [3.8, 4) is 0 Å². The third-order valence-corrected chi connectivity index (χ3v) is 5.10. The summed E-state index contributed by atoms with van der Waals surface area (Å²) >= 11 is 0. The van der Waals surface area contributed by atoms with Gasteiger partial charge in [-0.3, -0.25) is 14.3 Å². The zero-order chi connectivity index (χ0) is 18.8. The maximum atomic E-state index is 13.0. The first-order chi connectivity index (χ1) is 13.1. The number of benzene rings is 1. The molecule has 1 aromatic heterocycles. The van der Waals surface area contributed by atoms with Gasteiger partial charge in [-0.05, 0) is 49.4 Å². The molecule has 1 aliphatic carbocycles. The lowest BCUT2D eigenvalue weighted by Crippen LogP contribution is -2.33. The van der Waals surface area contributed by atoms with E-state index >= 15 is 0 Å². The SMILES string of the molecule is O=C(Cn1nc(C2CC2)cc1C(=O)N1CCCC1)NCc1ccc(F)cc1. The van der Waals surface area contributed by atoms with Crippen molar-refractivity contribution < 1.29 is 14.0 Å². The van der Waals surface area contributed by atoms with Gasteiger partial charge in [-0.2, -0.15) is 5.10 Å². The van der Waals surface area contributed by atoms with E-state index in [1.807, 2.05) is 11.0 Å². The summed E-state index contributed by atoms with van der Waals surface area (Å²) in [5, 5.41) is 7.34. The molecule has 0 spiro atoms. The van der Waals surface area contributed by atoms with Crippen molar-refractivity contribution in [3.05, 3.63) is 53.1 Å². The molecule has 27 heavy (non-hydrogen) atoms. The Morgan fingerprint density at radius 2 is 1.85 bits per heavy atom. The lowest BCUT2D eigenvalue weighted by molar-refractivity contribution is -0.122. The van der Waals surface area contributed by atoms with Gasteiger partial charge in [0.25, 0.3) is 5.91 Å². The van der Waals surface area contributed by atoms with Crippen molar-refractivity contribution in [1.82, 2.24) is 20.0 Å². The van der Waals surface area contributed by atoms with Crippen LogP contribution in [0.3, 0.4) is 0 Å². The number of amides is 2. The average molecular weight is 370 g/mol. The third-order valence-electron chi connectivity index (χ3n) is 5.10. The Balaban J connectivity index is 1.44. The molecule has 1 saturated carbocycles. The number of halogens is 1. The molecule has 0 radical (unpaired) electrons. The van der Waals surface area contributed by atoms with Crippen LogP contribution in [-0.4, -0.2) is 39.6 Å². The largest absolute Gasteiger partial charge is 0.350 e. The highest BCUT2D eigenvalue weighted by Gasteiger charge is 2.30. The second-order valence-electron chi connectivity index (χ2n) is 7.29. The van der Waals surface area contributed by atoms with E-state index in [2.05, 4.69) is 10.4 Å². The first-order valence-corrected chi connectivity index (χ1v) is 9.48. The van der Waals surface area contributed by atoms with E-state index in [0.717, 1.165) is 50.0 Å². The Hall–Kier alpha value is -2.70. The number of likely N-dealkylation sites (tertiary alicyclic amines) is 1. The standard InChI is InChI=1S/C20H23FN4O2/c21-16-7-3-14(4-8-16)12-22-19(26)13-25-18(11-17(23-25)15-5-6-15)20(27)24-9-1-2-10-24/h3-4,7-8,11,15H,1-2,5-6,9-10,12-13H2,(H,22,26). The molecule has 2 aromatic rings. The van der Waals surface area contributed by atoms with Crippen molar-refractivity contribution in [2.75, 3.05) is 13.1 Å². The topological polar surface area (TPSA) is 67.2 Å². The van der Waals surface area contributed by atoms with Gasteiger partial charge < -0.3 is 10.2 Å². The van der Waals surface area contributed by atoms with Gasteiger partial charge in [0, 0.05) is 25.6 Å². The Bertz CT molecular complexity index is 836. The highest BCUT2D eigenvalue weighted by atomic mass is 19.1. The maximum absolute atomic E-state index is 13.0. The summed E-state index contributed by atoms with van der Waals surface area (Å²) in [5.41, 5.74) is 2.22. The molecule has 1 aromatic carbocycles. The molecular weight excluding hydrogens is 347 g/mol. The van der Waals surface area contributed by atoms with Crippen LogP contribution < -0.4 is 5.32 Å². The van der Waals surface area contributed by atoms with Crippen molar-refractivity contribution in [2.45, 2.75) is 44.7 Å². The summed E-state index contributed by atoms with van der Waals surface area (Å²) in [6, 6.07) is 7.85. The molecule has 6 nitrogen and oxygen atoms in total. The first kappa shape index (κ1) is 17.7. The zero-order valence-electron chi connectivity index (χ0n) is 15.2. The molecule has 4 rings (SSSR count). The van der Waals surface area contributed by atoms with Crippen LogP contribution in [0.25, 0.3) is 0 Å². The van der Waals surface area contributed by atoms with E-state index < -0.39 is 0 Å². The maximum Gasteiger partial charge on any atom is 0.272 e. The number of nitrogens with one attached hydrogen (secondary N) is 1. The van der Waals surface area contributed by atoms with Gasteiger partial charge in [0.2, 0.25) is 5.91 Å². The third kappa shape index (κ3) is 4.18. The van der Waals surface area contributed by atoms with E-state index in [4.69, 9.17) is 0 Å². The van der Waals surface area contributed by atoms with Gasteiger partial charge >= 0.3 is 0 Å². The van der Waals surface area contributed by atoms with Gasteiger partial charge in [-0.15, -0.1) is 0 Å². The fourth-order valence-corrected chi connectivity index (χ4v) is 3.39. The summed E-state index contributed by atoms with van der Waals surface area (Å²) in [7, 11) is 0. The number of carbonyl (C=O) groups is 2. The van der Waals surface area contributed by atoms with Gasteiger partial charge in [0.05, 0.1) is 5.69 Å². The van der Waals surface area contributed by atoms with Gasteiger partial charge in [-0.25, -0.2) is 4.39 Å². The molecule has 1 N–H and O–H groups in total. The Morgan fingerprint density at radius 1 is 1.15 bits per heavy atom. The molecule has 7 heteroatoms. The van der Waals surface area contributed by atoms with Gasteiger partial charge in [-0.1, -0.05) is 12.1 Å². The predicted molar refractivity (Wildman–Crippen MR) is 97.6 cm³/mol. The smallest absolute Gasteiger partial charge is 0.272 e. The van der Waals surface area contributed by atoms with E-state index in [1.165, 1.54) is 16.8 Å². The number of carbonyl (C=O) groups excluding carboxylic acids is 2. The van der Waals surface area contributed by atoms with Crippen molar-refractivity contribution in [2.24, 2.45) is 0 Å². The molecule has 2 aliphatic rings. The number of nitrogens with zero attached hydrogens (tertiary/aromatic N) is 3. The summed E-state index contributed by atoms with van der Waals surface area (Å²) < 4.78 is 14.5. The van der Waals surface area contributed by atoms with Crippen LogP contribution in [0.4, 0.5) is 4.39 Å². The van der Waals surface area contributed by atoms with Crippen LogP contribution in [0, 0.1) is 5.82 Å². The number of hydrogen-bond acceptors (Lipinski definition) is 3. The van der Waals surface area contributed by atoms with Crippen molar-refractivity contribution >= 4 is 11.8 Å². The van der Waals surface area contributed by atoms with Crippen LogP contribution in [-0.2, 0) is 17.9 Å². The predicted octanol–water partition coefficient (Wildman–Crippen LogP) is 2.45. The van der Waals surface area contributed by atoms with Crippen molar-refractivity contribution in [3.63, 3.8) is 0 Å². The second-order valence-corrected chi connectivity index (χ2v) is 7.29. The molecule has 0 unspecified atom stereocenters. The monoisotopic (exact) mass is 370 g/mol. The molecule has 2 amide bonds. The van der Waals surface area contributed by atoms with E-state index in [1.54, 1.807) is 12.1 Å². The molecule has 1 saturated heterocycles. The highest BCUT2D eigenvalue weighted by Crippen LogP contribution is 2.39. The summed E-state index contributed by atoms with van der Waals surface area (Å²) in [4.78, 5) is 27.0. The quantitative estimate of drug-likeness (QED) is 0.849. The molecular formula is C20H23FN4O2. The Morgan fingerprint density at radius 3 is 2.52 bits per heavy atom. The number of aromatic nitrogens is 2. The van der Waals surface area contributed by atoms with E-state index in [0.29, 0.717) is 18.2 Å². The fourth-order valence-electron chi connectivity index (χ4n) is 3.39. The number of rotatable bonds is 6. The molecule has 0 atom stereocenters. The van der Waals surface area contributed by atoms with Crippen LogP contribution in [0.2, 0.25) is 0 Å². The molecule has 2 fully saturated rings. The minimum atomic E-state index is -0.306. The Labute approximate surface area is 157 Å². The van der Waals surface area contributed by atoms with Crippen LogP contribution >= 0.6 is 0 Å². The Kier molecular flexibility index (Phi) is 4.92. The summed E-state index contributed by atoms with van der Waals surface area (Å²) in [6.07, 6.45) is 4.22. The van der Waals surface area contributed by atoms with Crippen LogP contribution in [0.5, 0.6) is 0 Å². The molecule has 142 valence electrons. The minimum absolute atomic E-state index is 0.00281. The first-order valence-electron chi connectivity index (χ1n) is 9.48. The second kappa shape index (κ2) is 7.50. The zero-order valence-corrected chi connectivity index (χ0v) is 15.2. The highest BCUT2D eigenvalue weighted by molar-refractivity contribution is 5.93. The molecule has 0 bridgehead atoms. The average Bonchev–Trinajstić information content (AvgIpc) is 3.20. The van der Waals surface area contributed by atoms with Crippen molar-refractivity contribution in [1.29, 1.82) is 0 Å². The minimum Gasteiger partial charge on any atom is -0.350 e. The van der Waals surface area contributed by atoms with Gasteiger partial charge in [0.15, 0.2) is 0 Å². The summed E-state index contributed by atoms with van der Waals surface area (Å²) in [5.74, 6) is -0.156. The fraction of sp³-hybridized carbons (Fsp3) is 0.450. The van der Waals surface area contributed by atoms with Crippen LogP contribution in [0.1, 0.15) is 53.3 Å². The molecule has 1 aliphatic heterocycles. The lowest BCUT2D eigenvalue weighted by atomic mass is 10.2. The van der Waals surface area contributed by atoms with Gasteiger partial charge in [0.1, 0.15) is 18.1 Å². The summed E-state index contributed by atoms with van der Waals surface area (Å²) in [6.45, 7) is 1.84. The van der Waals surface area contributed by atoms with Crippen LogP contribution in [0.15, 0.2) is 30.3 Å². The number of hydrogen-bond donors (Lipinski definition) is 1. The molecule has 2 heterocycles. The lowest BCUT2D eigenvalue weighted by Gasteiger charge is -2.16. The van der Waals surface area contributed by atoms with E-state index in [9.17, 15) is 14.0 Å². The van der Waals surface area contributed by atoms with E-state index in [-0.39, 0.29) is 24.2 Å². The normalized spacial score (nSPS) is 16.6.